The summed E-state index contributed by atoms with van der Waals surface area (Å²) in [5.74, 6) is -0.00225. The van der Waals surface area contributed by atoms with Gasteiger partial charge in [-0.25, -0.2) is 18.6 Å². The van der Waals surface area contributed by atoms with Crippen molar-refractivity contribution in [2.45, 2.75) is 25.9 Å². The zero-order chi connectivity index (χ0) is 12.2. The summed E-state index contributed by atoms with van der Waals surface area (Å²) in [6, 6.07) is 4.63. The normalized spacial score (nSPS) is 11.3. The second-order valence-electron chi connectivity index (χ2n) is 3.53. The molecule has 0 N–H and O–H groups in total. The molecule has 4 nitrogen and oxygen atoms in total. The van der Waals surface area contributed by atoms with E-state index >= 15 is 0 Å². The fraction of sp³-hybridized carbons (Fsp3) is 0.400. The number of carbonyl (C=O) groups is 1. The van der Waals surface area contributed by atoms with Crippen molar-refractivity contribution in [3.63, 3.8) is 0 Å². The Kier molecular flexibility index (Phi) is 3.76. The fourth-order valence-electron chi connectivity index (χ4n) is 0.773. The van der Waals surface area contributed by atoms with E-state index in [4.69, 9.17) is 0 Å². The Labute approximate surface area is 91.2 Å². The molecule has 1 aromatic rings. The van der Waals surface area contributed by atoms with Crippen molar-refractivity contribution in [3.8, 4) is 5.88 Å². The zero-order valence-corrected chi connectivity index (χ0v) is 8.81. The molecule has 0 aliphatic carbocycles. The van der Waals surface area contributed by atoms with Crippen molar-refractivity contribution in [1.29, 1.82) is 0 Å². The van der Waals surface area contributed by atoms with Gasteiger partial charge >= 0.3 is 6.16 Å². The van der Waals surface area contributed by atoms with Crippen molar-refractivity contribution in [1.82, 2.24) is 4.98 Å². The van der Waals surface area contributed by atoms with E-state index in [9.17, 15) is 13.6 Å². The highest BCUT2D eigenvalue weighted by Gasteiger charge is 2.34. The first-order chi connectivity index (χ1) is 7.42. The summed E-state index contributed by atoms with van der Waals surface area (Å²) in [4.78, 5) is 14.8. The number of carbonyl (C=O) groups excluding carboxylic acids is 1. The van der Waals surface area contributed by atoms with Crippen LogP contribution < -0.4 is 4.74 Å². The van der Waals surface area contributed by atoms with E-state index in [0.29, 0.717) is 0 Å². The maximum Gasteiger partial charge on any atom is 0.515 e. The third kappa shape index (κ3) is 3.45. The van der Waals surface area contributed by atoms with Crippen molar-refractivity contribution >= 4 is 6.16 Å². The molecular weight excluding hydrogens is 220 g/mol. The summed E-state index contributed by atoms with van der Waals surface area (Å²) < 4.78 is 33.8. The molecular formula is C10H11F2NO3. The maximum absolute atomic E-state index is 12.4. The van der Waals surface area contributed by atoms with Crippen molar-refractivity contribution in [2.24, 2.45) is 0 Å². The van der Waals surface area contributed by atoms with Crippen LogP contribution in [0, 0.1) is 0 Å². The lowest BCUT2D eigenvalue weighted by atomic mass is 10.1. The number of hydrogen-bond acceptors (Lipinski definition) is 4. The molecule has 6 heteroatoms. The van der Waals surface area contributed by atoms with Crippen LogP contribution in [-0.2, 0) is 4.74 Å². The molecule has 0 aromatic carbocycles. The highest BCUT2D eigenvalue weighted by Crippen LogP contribution is 2.20. The first kappa shape index (κ1) is 12.4. The average Bonchev–Trinajstić information content (AvgIpc) is 2.17. The molecule has 0 spiro atoms. The monoisotopic (exact) mass is 231 g/mol. The number of hydrogen-bond donors (Lipinski definition) is 0. The lowest BCUT2D eigenvalue weighted by molar-refractivity contribution is -0.0893. The predicted octanol–water partition coefficient (Wildman–Crippen LogP) is 2.64. The highest BCUT2D eigenvalue weighted by molar-refractivity contribution is 5.63. The molecule has 16 heavy (non-hydrogen) atoms. The minimum absolute atomic E-state index is 0.00225. The molecule has 0 bridgehead atoms. The highest BCUT2D eigenvalue weighted by atomic mass is 19.3. The van der Waals surface area contributed by atoms with Crippen LogP contribution in [0.25, 0.3) is 0 Å². The third-order valence-electron chi connectivity index (χ3n) is 1.70. The second-order valence-corrected chi connectivity index (χ2v) is 3.53. The molecule has 0 fully saturated rings. The van der Waals surface area contributed by atoms with E-state index in [0.717, 1.165) is 13.8 Å². The van der Waals surface area contributed by atoms with Crippen LogP contribution in [-0.4, -0.2) is 23.2 Å². The van der Waals surface area contributed by atoms with E-state index in [-0.39, 0.29) is 5.88 Å². The van der Waals surface area contributed by atoms with Gasteiger partial charge in [0, 0.05) is 12.3 Å². The van der Waals surface area contributed by atoms with Gasteiger partial charge in [-0.1, -0.05) is 6.07 Å². The van der Waals surface area contributed by atoms with Gasteiger partial charge in [0.1, 0.15) is 0 Å². The quantitative estimate of drug-likeness (QED) is 0.750. The van der Waals surface area contributed by atoms with Crippen LogP contribution in [0.15, 0.2) is 24.4 Å². The van der Waals surface area contributed by atoms with Crippen LogP contribution in [0.1, 0.15) is 13.8 Å². The van der Waals surface area contributed by atoms with Crippen molar-refractivity contribution < 1.29 is 23.0 Å². The summed E-state index contributed by atoms with van der Waals surface area (Å²) in [5.41, 5.74) is -1.88. The number of halogens is 2. The Hall–Kier alpha value is -1.72. The van der Waals surface area contributed by atoms with Crippen molar-refractivity contribution in [2.75, 3.05) is 0 Å². The minimum Gasteiger partial charge on any atom is -0.422 e. The van der Waals surface area contributed by atoms with E-state index in [1.807, 2.05) is 0 Å². The van der Waals surface area contributed by atoms with E-state index < -0.39 is 18.2 Å². The van der Waals surface area contributed by atoms with E-state index in [1.165, 1.54) is 12.3 Å². The second kappa shape index (κ2) is 4.87. The first-order valence-corrected chi connectivity index (χ1v) is 4.52. The summed E-state index contributed by atoms with van der Waals surface area (Å²) in [6.07, 6.45) is -2.59. The van der Waals surface area contributed by atoms with Gasteiger partial charge < -0.3 is 9.47 Å². The van der Waals surface area contributed by atoms with Gasteiger partial charge in [0.2, 0.25) is 5.88 Å². The topological polar surface area (TPSA) is 48.4 Å². The summed E-state index contributed by atoms with van der Waals surface area (Å²) in [5, 5.41) is 0. The number of nitrogens with zero attached hydrogens (tertiary/aromatic N) is 1. The van der Waals surface area contributed by atoms with Gasteiger partial charge in [0.25, 0.3) is 6.43 Å². The molecule has 1 heterocycles. The Morgan fingerprint density at radius 2 is 2.12 bits per heavy atom. The molecule has 0 saturated carbocycles. The van der Waals surface area contributed by atoms with Gasteiger partial charge in [-0.2, -0.15) is 0 Å². The van der Waals surface area contributed by atoms with Crippen LogP contribution >= 0.6 is 0 Å². The molecule has 0 radical (unpaired) electrons. The van der Waals surface area contributed by atoms with Crippen LogP contribution in [0.5, 0.6) is 5.88 Å². The molecule has 1 rings (SSSR count). The number of rotatable bonds is 3. The fourth-order valence-corrected chi connectivity index (χ4v) is 0.773. The average molecular weight is 231 g/mol. The number of pyridine rings is 1. The third-order valence-corrected chi connectivity index (χ3v) is 1.70. The lowest BCUT2D eigenvalue weighted by Crippen LogP contribution is -2.36. The molecule has 1 aromatic heterocycles. The van der Waals surface area contributed by atoms with Crippen LogP contribution in [0.4, 0.5) is 13.6 Å². The summed E-state index contributed by atoms with van der Waals surface area (Å²) >= 11 is 0. The van der Waals surface area contributed by atoms with Crippen LogP contribution in [0.2, 0.25) is 0 Å². The standard InChI is InChI=1S/C10H11F2NO3/c1-10(2,8(11)12)16-9(14)15-7-5-3-4-6-13-7/h3-6,8H,1-2H3. The number of aromatic nitrogens is 1. The zero-order valence-electron chi connectivity index (χ0n) is 8.81. The molecule has 0 unspecified atom stereocenters. The van der Waals surface area contributed by atoms with E-state index in [2.05, 4.69) is 14.5 Å². The van der Waals surface area contributed by atoms with Crippen molar-refractivity contribution in [3.05, 3.63) is 24.4 Å². The minimum atomic E-state index is -2.79. The SMILES string of the molecule is CC(C)(OC(=O)Oc1ccccn1)C(F)F. The Morgan fingerprint density at radius 3 is 2.62 bits per heavy atom. The van der Waals surface area contributed by atoms with E-state index in [1.54, 1.807) is 12.1 Å². The molecule has 0 aliphatic rings. The summed E-state index contributed by atoms with van der Waals surface area (Å²) in [7, 11) is 0. The number of ether oxygens (including phenoxy) is 2. The number of alkyl halides is 2. The van der Waals surface area contributed by atoms with Gasteiger partial charge in [-0.15, -0.1) is 0 Å². The Morgan fingerprint density at radius 1 is 1.44 bits per heavy atom. The maximum atomic E-state index is 12.4. The molecule has 0 saturated heterocycles. The molecule has 88 valence electrons. The van der Waals surface area contributed by atoms with Crippen LogP contribution in [0.3, 0.4) is 0 Å². The first-order valence-electron chi connectivity index (χ1n) is 4.52. The molecule has 0 aliphatic heterocycles. The summed E-state index contributed by atoms with van der Waals surface area (Å²) in [6.45, 7) is 2.19. The van der Waals surface area contributed by atoms with Gasteiger partial charge in [0.15, 0.2) is 5.60 Å². The van der Waals surface area contributed by atoms with Gasteiger partial charge in [-0.3, -0.25) is 0 Å². The predicted molar refractivity (Wildman–Crippen MR) is 51.4 cm³/mol. The Bertz CT molecular complexity index is 354. The molecule has 0 amide bonds. The van der Waals surface area contributed by atoms with Gasteiger partial charge in [-0.05, 0) is 19.9 Å². The smallest absolute Gasteiger partial charge is 0.422 e. The van der Waals surface area contributed by atoms with Gasteiger partial charge in [0.05, 0.1) is 0 Å². The largest absolute Gasteiger partial charge is 0.515 e. The lowest BCUT2D eigenvalue weighted by Gasteiger charge is -2.22. The molecule has 0 atom stereocenters. The Balaban J connectivity index is 2.55.